The standard InChI is InChI=1S/C50H48N2.C2H6/c1-33-9-20-46(27-37(33)5)51(47-21-10-34(2)38(6)28-47)45-24-16-41(17-25-45)13-14-42-15-18-44-32-50(26-19-43(44)31-42)52(48-22-11-35(3)39(7)29-48)49-23-12-36(4)40(8)30-49;1-2/h9-32H,1-8H3;1-2H3/b14-13+;. The van der Waals surface area contributed by atoms with Gasteiger partial charge in [0.2, 0.25) is 0 Å². The van der Waals surface area contributed by atoms with Crippen molar-refractivity contribution in [1.29, 1.82) is 0 Å². The Hall–Kier alpha value is -5.86. The molecule has 7 aromatic rings. The van der Waals surface area contributed by atoms with E-state index in [1.165, 1.54) is 83.6 Å². The lowest BCUT2D eigenvalue weighted by molar-refractivity contribution is 1.23. The molecule has 2 heteroatoms. The van der Waals surface area contributed by atoms with Crippen LogP contribution < -0.4 is 9.80 Å². The first-order chi connectivity index (χ1) is 26.0. The van der Waals surface area contributed by atoms with Gasteiger partial charge in [-0.25, -0.2) is 0 Å². The lowest BCUT2D eigenvalue weighted by Crippen LogP contribution is -2.10. The maximum absolute atomic E-state index is 2.37. The SMILES string of the molecule is CC.Cc1ccc(N(c2ccc(/C=C/c3ccc4cc(N(c5ccc(C)c(C)c5)c5ccc(C)c(C)c5)ccc4c3)cc2)c2ccc(C)c(C)c2)cc1C. The van der Waals surface area contributed by atoms with Crippen LogP contribution in [0.3, 0.4) is 0 Å². The van der Waals surface area contributed by atoms with E-state index in [2.05, 4.69) is 211 Å². The molecule has 54 heavy (non-hydrogen) atoms. The molecule has 0 heterocycles. The van der Waals surface area contributed by atoms with E-state index >= 15 is 0 Å². The summed E-state index contributed by atoms with van der Waals surface area (Å²) < 4.78 is 0. The molecule has 0 fully saturated rings. The highest BCUT2D eigenvalue weighted by atomic mass is 15.1. The average molecular weight is 707 g/mol. The quantitative estimate of drug-likeness (QED) is 0.145. The van der Waals surface area contributed by atoms with Crippen LogP contribution in [0.5, 0.6) is 0 Å². The molecule has 0 aromatic heterocycles. The van der Waals surface area contributed by atoms with Crippen LogP contribution in [0.1, 0.15) is 69.5 Å². The highest BCUT2D eigenvalue weighted by Crippen LogP contribution is 2.39. The van der Waals surface area contributed by atoms with Crippen LogP contribution in [0.25, 0.3) is 22.9 Å². The highest BCUT2D eigenvalue weighted by molar-refractivity contribution is 5.91. The summed E-state index contributed by atoms with van der Waals surface area (Å²) in [5, 5.41) is 2.44. The fourth-order valence-electron chi connectivity index (χ4n) is 6.77. The van der Waals surface area contributed by atoms with Gasteiger partial charge in [-0.2, -0.15) is 0 Å². The van der Waals surface area contributed by atoms with E-state index in [1.54, 1.807) is 0 Å². The summed E-state index contributed by atoms with van der Waals surface area (Å²) in [5.74, 6) is 0. The number of nitrogens with zero attached hydrogens (tertiary/aromatic N) is 2. The molecule has 0 aliphatic heterocycles. The van der Waals surface area contributed by atoms with Gasteiger partial charge in [-0.3, -0.25) is 0 Å². The van der Waals surface area contributed by atoms with Gasteiger partial charge in [0.25, 0.3) is 0 Å². The molecule has 0 atom stereocenters. The lowest BCUT2D eigenvalue weighted by atomic mass is 10.0. The first kappa shape index (κ1) is 37.9. The molecule has 0 N–H and O–H groups in total. The Balaban J connectivity index is 0.00000245. The highest BCUT2D eigenvalue weighted by Gasteiger charge is 2.16. The number of fused-ring (bicyclic) bond motifs is 1. The van der Waals surface area contributed by atoms with Crippen LogP contribution >= 0.6 is 0 Å². The largest absolute Gasteiger partial charge is 0.310 e. The Morgan fingerprint density at radius 2 is 0.574 bits per heavy atom. The van der Waals surface area contributed by atoms with Gasteiger partial charge in [0.05, 0.1) is 0 Å². The normalized spacial score (nSPS) is 11.1. The molecule has 272 valence electrons. The van der Waals surface area contributed by atoms with E-state index in [0.29, 0.717) is 0 Å². The van der Waals surface area contributed by atoms with E-state index in [4.69, 9.17) is 0 Å². The number of hydrogen-bond acceptors (Lipinski definition) is 2. The molecule has 7 aromatic carbocycles. The van der Waals surface area contributed by atoms with Crippen molar-refractivity contribution in [2.75, 3.05) is 9.80 Å². The minimum atomic E-state index is 1.14. The summed E-state index contributed by atoms with van der Waals surface area (Å²) in [5.41, 5.74) is 19.7. The van der Waals surface area contributed by atoms with Crippen molar-refractivity contribution >= 4 is 57.0 Å². The third-order valence-corrected chi connectivity index (χ3v) is 10.7. The van der Waals surface area contributed by atoms with Crippen molar-refractivity contribution in [3.63, 3.8) is 0 Å². The van der Waals surface area contributed by atoms with Gasteiger partial charge in [0.1, 0.15) is 0 Å². The molecule has 0 unspecified atom stereocenters. The second-order valence-corrected chi connectivity index (χ2v) is 14.5. The van der Waals surface area contributed by atoms with Gasteiger partial charge in [-0.15, -0.1) is 0 Å². The summed E-state index contributed by atoms with van der Waals surface area (Å²) in [6.07, 6.45) is 4.42. The van der Waals surface area contributed by atoms with Crippen molar-refractivity contribution in [2.24, 2.45) is 0 Å². The molecule has 0 saturated heterocycles. The second kappa shape index (κ2) is 16.4. The molecule has 2 nitrogen and oxygen atoms in total. The smallest absolute Gasteiger partial charge is 0.0468 e. The Labute approximate surface area is 324 Å². The minimum Gasteiger partial charge on any atom is -0.310 e. The van der Waals surface area contributed by atoms with Gasteiger partial charge in [0.15, 0.2) is 0 Å². The Kier molecular flexibility index (Phi) is 11.5. The molecule has 7 rings (SSSR count). The van der Waals surface area contributed by atoms with Crippen LogP contribution in [-0.4, -0.2) is 0 Å². The minimum absolute atomic E-state index is 1.14. The third kappa shape index (κ3) is 8.19. The number of anilines is 6. The van der Waals surface area contributed by atoms with Gasteiger partial charge < -0.3 is 9.80 Å². The van der Waals surface area contributed by atoms with Crippen molar-refractivity contribution in [3.8, 4) is 0 Å². The van der Waals surface area contributed by atoms with Gasteiger partial charge in [0, 0.05) is 34.1 Å². The summed E-state index contributed by atoms with van der Waals surface area (Å²) >= 11 is 0. The molecule has 0 amide bonds. The van der Waals surface area contributed by atoms with E-state index < -0.39 is 0 Å². The molecular formula is C52H54N2. The van der Waals surface area contributed by atoms with E-state index in [1.807, 2.05) is 13.8 Å². The first-order valence-corrected chi connectivity index (χ1v) is 19.3. The zero-order valence-electron chi connectivity index (χ0n) is 33.8. The van der Waals surface area contributed by atoms with Crippen LogP contribution in [0, 0.1) is 55.4 Å². The Morgan fingerprint density at radius 1 is 0.278 bits per heavy atom. The molecule has 0 bridgehead atoms. The number of hydrogen-bond donors (Lipinski definition) is 0. The summed E-state index contributed by atoms with van der Waals surface area (Å²) in [4.78, 5) is 4.72. The van der Waals surface area contributed by atoms with Crippen LogP contribution in [-0.2, 0) is 0 Å². The van der Waals surface area contributed by atoms with E-state index in [-0.39, 0.29) is 0 Å². The van der Waals surface area contributed by atoms with Crippen molar-refractivity contribution in [1.82, 2.24) is 0 Å². The van der Waals surface area contributed by atoms with Crippen molar-refractivity contribution in [2.45, 2.75) is 69.2 Å². The van der Waals surface area contributed by atoms with Crippen LogP contribution in [0.4, 0.5) is 34.1 Å². The zero-order chi connectivity index (χ0) is 38.5. The first-order valence-electron chi connectivity index (χ1n) is 19.3. The molecule has 0 saturated carbocycles. The fraction of sp³-hybridized carbons (Fsp3) is 0.192. The van der Waals surface area contributed by atoms with E-state index in [9.17, 15) is 0 Å². The van der Waals surface area contributed by atoms with Crippen LogP contribution in [0.2, 0.25) is 0 Å². The maximum Gasteiger partial charge on any atom is 0.0468 e. The molecule has 0 aliphatic rings. The van der Waals surface area contributed by atoms with Gasteiger partial charge in [-0.05, 0) is 201 Å². The molecular weight excluding hydrogens is 653 g/mol. The Morgan fingerprint density at radius 3 is 1.00 bits per heavy atom. The zero-order valence-corrected chi connectivity index (χ0v) is 33.8. The van der Waals surface area contributed by atoms with Crippen molar-refractivity contribution < 1.29 is 0 Å². The predicted octanol–water partition coefficient (Wildman–Crippen LogP) is 15.4. The second-order valence-electron chi connectivity index (χ2n) is 14.5. The monoisotopic (exact) mass is 706 g/mol. The summed E-state index contributed by atoms with van der Waals surface area (Å²) in [6.45, 7) is 21.4. The average Bonchev–Trinajstić information content (AvgIpc) is 3.18. The predicted molar refractivity (Wildman–Crippen MR) is 238 cm³/mol. The van der Waals surface area contributed by atoms with Gasteiger partial charge >= 0.3 is 0 Å². The van der Waals surface area contributed by atoms with Crippen molar-refractivity contribution in [3.05, 3.63) is 189 Å². The number of benzene rings is 7. The topological polar surface area (TPSA) is 6.48 Å². The van der Waals surface area contributed by atoms with Gasteiger partial charge in [-0.1, -0.05) is 80.6 Å². The van der Waals surface area contributed by atoms with E-state index in [0.717, 1.165) is 16.9 Å². The molecule has 0 radical (unpaired) electrons. The number of rotatable bonds is 8. The fourth-order valence-corrected chi connectivity index (χ4v) is 6.77. The molecule has 0 aliphatic carbocycles. The third-order valence-electron chi connectivity index (χ3n) is 10.7. The summed E-state index contributed by atoms with van der Waals surface area (Å²) in [6, 6.07) is 49.3. The maximum atomic E-state index is 2.37. The number of aryl methyl sites for hydroxylation is 8. The Bertz CT molecular complexity index is 2340. The molecule has 0 spiro atoms. The lowest BCUT2D eigenvalue weighted by Gasteiger charge is -2.27. The summed E-state index contributed by atoms with van der Waals surface area (Å²) in [7, 11) is 0. The van der Waals surface area contributed by atoms with Crippen LogP contribution in [0.15, 0.2) is 133 Å².